The highest BCUT2D eigenvalue weighted by Crippen LogP contribution is 2.13. The molecule has 0 unspecified atom stereocenters. The van der Waals surface area contributed by atoms with E-state index in [0.29, 0.717) is 0 Å². The topological polar surface area (TPSA) is 12.9 Å². The van der Waals surface area contributed by atoms with Crippen LogP contribution in [-0.2, 0) is 25.7 Å². The molecular weight excluding hydrogens is 218 g/mol. The Kier molecular flexibility index (Phi) is 3.40. The van der Waals surface area contributed by atoms with Crippen molar-refractivity contribution in [3.8, 4) is 0 Å². The molecule has 4 aliphatic rings. The Morgan fingerprint density at radius 3 is 1.78 bits per heavy atom. The lowest BCUT2D eigenvalue weighted by Crippen LogP contribution is -1.97. The second-order valence-corrected chi connectivity index (χ2v) is 5.18. The van der Waals surface area contributed by atoms with Crippen LogP contribution in [0.1, 0.15) is 35.2 Å². The van der Waals surface area contributed by atoms with Gasteiger partial charge in [-0.2, -0.15) is 0 Å². The molecule has 1 aromatic heterocycles. The third-order valence-electron chi connectivity index (χ3n) is 3.74. The van der Waals surface area contributed by atoms with E-state index in [1.807, 2.05) is 0 Å². The second-order valence-electron chi connectivity index (χ2n) is 5.18. The van der Waals surface area contributed by atoms with Crippen molar-refractivity contribution in [3.63, 3.8) is 0 Å². The molecule has 92 valence electrons. The van der Waals surface area contributed by atoms with Crippen LogP contribution in [-0.4, -0.2) is 4.98 Å². The molecule has 3 heterocycles. The monoisotopic (exact) mass is 237 g/mol. The quantitative estimate of drug-likeness (QED) is 0.680. The lowest BCUT2D eigenvalue weighted by molar-refractivity contribution is 0.780. The maximum Gasteiger partial charge on any atom is 0.0403 e. The molecule has 0 radical (unpaired) electrons. The van der Waals surface area contributed by atoms with Crippen molar-refractivity contribution >= 4 is 0 Å². The SMILES string of the molecule is c1cc2ccc1CCCc1ccc(nc1)CCC2. The maximum absolute atomic E-state index is 4.56. The van der Waals surface area contributed by atoms with Gasteiger partial charge in [0.1, 0.15) is 0 Å². The smallest absolute Gasteiger partial charge is 0.0403 e. The standard InChI is InChI=1S/C17H19N/c1-3-14-7-9-15(10-8-14)4-2-6-17-12-11-16(5-1)13-18-17/h7-13H,1-6H2. The number of rotatable bonds is 0. The van der Waals surface area contributed by atoms with Crippen molar-refractivity contribution in [3.05, 3.63) is 65.0 Å². The maximum atomic E-state index is 4.56. The first-order chi connectivity index (χ1) is 8.90. The molecule has 1 aromatic carbocycles. The number of hydrogen-bond donors (Lipinski definition) is 0. The second kappa shape index (κ2) is 5.34. The van der Waals surface area contributed by atoms with Crippen LogP contribution in [0.5, 0.6) is 0 Å². The van der Waals surface area contributed by atoms with Crippen LogP contribution in [0.25, 0.3) is 0 Å². The van der Waals surface area contributed by atoms with Gasteiger partial charge in [-0.15, -0.1) is 0 Å². The summed E-state index contributed by atoms with van der Waals surface area (Å²) in [5, 5.41) is 0. The fourth-order valence-corrected chi connectivity index (χ4v) is 2.59. The van der Waals surface area contributed by atoms with Gasteiger partial charge in [0.05, 0.1) is 0 Å². The first kappa shape index (κ1) is 11.5. The Bertz CT molecular complexity index is 401. The zero-order valence-corrected chi connectivity index (χ0v) is 10.7. The number of hydrogen-bond acceptors (Lipinski definition) is 1. The summed E-state index contributed by atoms with van der Waals surface area (Å²) in [5.41, 5.74) is 5.51. The molecule has 1 heteroatoms. The van der Waals surface area contributed by atoms with Crippen LogP contribution in [0.15, 0.2) is 42.6 Å². The van der Waals surface area contributed by atoms with Gasteiger partial charge in [0.15, 0.2) is 0 Å². The molecule has 2 aromatic rings. The normalized spacial score (nSPS) is 15.6. The number of nitrogens with zero attached hydrogens (tertiary/aromatic N) is 1. The van der Waals surface area contributed by atoms with Crippen LogP contribution in [0.3, 0.4) is 0 Å². The predicted octanol–water partition coefficient (Wildman–Crippen LogP) is 3.75. The zero-order chi connectivity index (χ0) is 12.2. The summed E-state index contributed by atoms with van der Waals surface area (Å²) in [5.74, 6) is 0. The molecule has 0 spiro atoms. The molecule has 2 aliphatic heterocycles. The highest BCUT2D eigenvalue weighted by molar-refractivity contribution is 5.23. The van der Waals surface area contributed by atoms with Crippen LogP contribution >= 0.6 is 0 Å². The number of aromatic nitrogens is 1. The van der Waals surface area contributed by atoms with Crippen molar-refractivity contribution in [2.24, 2.45) is 0 Å². The third-order valence-corrected chi connectivity index (χ3v) is 3.74. The molecule has 18 heavy (non-hydrogen) atoms. The minimum atomic E-state index is 1.09. The van der Waals surface area contributed by atoms with E-state index < -0.39 is 0 Å². The van der Waals surface area contributed by atoms with Crippen LogP contribution in [0.4, 0.5) is 0 Å². The molecule has 4 bridgehead atoms. The molecule has 0 amide bonds. The van der Waals surface area contributed by atoms with E-state index in [2.05, 4.69) is 47.6 Å². The first-order valence-electron chi connectivity index (χ1n) is 6.92. The zero-order valence-electron chi connectivity index (χ0n) is 10.7. The summed E-state index contributed by atoms with van der Waals surface area (Å²) >= 11 is 0. The van der Waals surface area contributed by atoms with Crippen LogP contribution in [0, 0.1) is 0 Å². The van der Waals surface area contributed by atoms with Crippen molar-refractivity contribution in [1.29, 1.82) is 0 Å². The van der Waals surface area contributed by atoms with Crippen molar-refractivity contribution < 1.29 is 0 Å². The molecule has 0 saturated carbocycles. The molecule has 0 fully saturated rings. The minimum absolute atomic E-state index is 1.09. The van der Waals surface area contributed by atoms with E-state index in [1.54, 1.807) is 0 Å². The average molecular weight is 237 g/mol. The Hall–Kier alpha value is -1.63. The minimum Gasteiger partial charge on any atom is -0.261 e. The molecule has 0 saturated heterocycles. The van der Waals surface area contributed by atoms with Crippen molar-refractivity contribution in [1.82, 2.24) is 4.98 Å². The van der Waals surface area contributed by atoms with Gasteiger partial charge in [-0.05, 0) is 61.3 Å². The lowest BCUT2D eigenvalue weighted by atomic mass is 10.00. The van der Waals surface area contributed by atoms with E-state index in [9.17, 15) is 0 Å². The molecule has 6 rings (SSSR count). The van der Waals surface area contributed by atoms with Crippen molar-refractivity contribution in [2.75, 3.05) is 0 Å². The van der Waals surface area contributed by atoms with Crippen LogP contribution in [0.2, 0.25) is 0 Å². The Morgan fingerprint density at radius 2 is 1.17 bits per heavy atom. The largest absolute Gasteiger partial charge is 0.261 e. The molecule has 2 aliphatic carbocycles. The van der Waals surface area contributed by atoms with Crippen LogP contribution < -0.4 is 0 Å². The summed E-state index contributed by atoms with van der Waals surface area (Å²) in [6, 6.07) is 13.6. The van der Waals surface area contributed by atoms with Gasteiger partial charge >= 0.3 is 0 Å². The summed E-state index contributed by atoms with van der Waals surface area (Å²) in [6.07, 6.45) is 9.00. The summed E-state index contributed by atoms with van der Waals surface area (Å²) in [6.45, 7) is 0. The van der Waals surface area contributed by atoms with Gasteiger partial charge in [0.2, 0.25) is 0 Å². The van der Waals surface area contributed by atoms with E-state index in [1.165, 1.54) is 41.6 Å². The number of aryl methyl sites for hydroxylation is 4. The van der Waals surface area contributed by atoms with Gasteiger partial charge in [-0.3, -0.25) is 4.98 Å². The highest BCUT2D eigenvalue weighted by Gasteiger charge is 2.01. The van der Waals surface area contributed by atoms with Crippen molar-refractivity contribution in [2.45, 2.75) is 38.5 Å². The van der Waals surface area contributed by atoms with Gasteiger partial charge in [0, 0.05) is 11.9 Å². The number of pyridine rings is 1. The van der Waals surface area contributed by atoms with E-state index in [-0.39, 0.29) is 0 Å². The van der Waals surface area contributed by atoms with E-state index in [0.717, 1.165) is 19.3 Å². The first-order valence-corrected chi connectivity index (χ1v) is 6.92. The Labute approximate surface area is 109 Å². The summed E-state index contributed by atoms with van der Waals surface area (Å²) in [4.78, 5) is 4.56. The highest BCUT2D eigenvalue weighted by atomic mass is 14.7. The average Bonchev–Trinajstić information content (AvgIpc) is 2.43. The Morgan fingerprint density at radius 1 is 0.611 bits per heavy atom. The van der Waals surface area contributed by atoms with Gasteiger partial charge < -0.3 is 0 Å². The summed E-state index contributed by atoms with van der Waals surface area (Å²) < 4.78 is 0. The molecule has 0 N–H and O–H groups in total. The Balaban J connectivity index is 1.82. The van der Waals surface area contributed by atoms with E-state index >= 15 is 0 Å². The van der Waals surface area contributed by atoms with Gasteiger partial charge in [0.25, 0.3) is 0 Å². The molecular formula is C17H19N. The fraction of sp³-hybridized carbons (Fsp3) is 0.353. The molecule has 0 atom stereocenters. The molecule has 1 nitrogen and oxygen atoms in total. The summed E-state index contributed by atoms with van der Waals surface area (Å²) in [7, 11) is 0. The third kappa shape index (κ3) is 2.79. The van der Waals surface area contributed by atoms with Gasteiger partial charge in [-0.25, -0.2) is 0 Å². The number of benzene rings is 1. The predicted molar refractivity (Wildman–Crippen MR) is 74.7 cm³/mol. The fourth-order valence-electron chi connectivity index (χ4n) is 2.59. The van der Waals surface area contributed by atoms with E-state index in [4.69, 9.17) is 0 Å². The van der Waals surface area contributed by atoms with Gasteiger partial charge in [-0.1, -0.05) is 30.3 Å². The lowest BCUT2D eigenvalue weighted by Gasteiger charge is -2.08.